The van der Waals surface area contributed by atoms with Gasteiger partial charge in [0.1, 0.15) is 0 Å². The molecule has 2 nitrogen and oxygen atoms in total. The first kappa shape index (κ1) is 12.4. The molecule has 1 N–H and O–H groups in total. The number of hydrogen-bond acceptors (Lipinski definition) is 2. The largest absolute Gasteiger partial charge is 0.314 e. The summed E-state index contributed by atoms with van der Waals surface area (Å²) in [6.45, 7) is 2.57. The zero-order valence-corrected chi connectivity index (χ0v) is 10.9. The van der Waals surface area contributed by atoms with Crippen molar-refractivity contribution in [2.45, 2.75) is 69.9 Å². The quantitative estimate of drug-likeness (QED) is 0.606. The van der Waals surface area contributed by atoms with E-state index in [0.29, 0.717) is 0 Å². The van der Waals surface area contributed by atoms with Crippen molar-refractivity contribution in [3.8, 4) is 0 Å². The SMILES string of the molecule is CN(CCCCCCNC1CC1)C1CCC1. The van der Waals surface area contributed by atoms with Crippen LogP contribution in [0.4, 0.5) is 0 Å². The van der Waals surface area contributed by atoms with Crippen molar-refractivity contribution < 1.29 is 0 Å². The van der Waals surface area contributed by atoms with Gasteiger partial charge in [-0.05, 0) is 58.7 Å². The van der Waals surface area contributed by atoms with Gasteiger partial charge in [0.05, 0.1) is 0 Å². The summed E-state index contributed by atoms with van der Waals surface area (Å²) >= 11 is 0. The van der Waals surface area contributed by atoms with Gasteiger partial charge >= 0.3 is 0 Å². The van der Waals surface area contributed by atoms with Crippen LogP contribution < -0.4 is 5.32 Å². The van der Waals surface area contributed by atoms with Crippen molar-refractivity contribution in [1.82, 2.24) is 10.2 Å². The molecule has 0 unspecified atom stereocenters. The molecule has 2 aliphatic rings. The fourth-order valence-electron chi connectivity index (χ4n) is 2.44. The van der Waals surface area contributed by atoms with Crippen molar-refractivity contribution in [3.63, 3.8) is 0 Å². The van der Waals surface area contributed by atoms with E-state index in [2.05, 4.69) is 17.3 Å². The molecule has 2 rings (SSSR count). The standard InChI is InChI=1S/C14H28N2/c1-16(14-7-6-8-14)12-5-3-2-4-11-15-13-9-10-13/h13-15H,2-12H2,1H3. The first-order valence-corrected chi connectivity index (χ1v) is 7.30. The third-order valence-corrected chi connectivity index (χ3v) is 4.15. The van der Waals surface area contributed by atoms with Crippen LogP contribution >= 0.6 is 0 Å². The van der Waals surface area contributed by atoms with Crippen LogP contribution in [0.3, 0.4) is 0 Å². The normalized spacial score (nSPS) is 21.4. The highest BCUT2D eigenvalue weighted by atomic mass is 15.1. The zero-order chi connectivity index (χ0) is 11.2. The summed E-state index contributed by atoms with van der Waals surface area (Å²) in [5.41, 5.74) is 0. The molecule has 94 valence electrons. The molecule has 0 atom stereocenters. The molecule has 2 aliphatic carbocycles. The molecule has 0 aromatic carbocycles. The highest BCUT2D eigenvalue weighted by Crippen LogP contribution is 2.23. The maximum atomic E-state index is 3.58. The molecule has 0 heterocycles. The van der Waals surface area contributed by atoms with Gasteiger partial charge in [-0.15, -0.1) is 0 Å². The van der Waals surface area contributed by atoms with Gasteiger partial charge in [0.25, 0.3) is 0 Å². The average Bonchev–Trinajstić information content (AvgIpc) is 2.97. The lowest BCUT2D eigenvalue weighted by molar-refractivity contribution is 0.157. The van der Waals surface area contributed by atoms with Crippen LogP contribution in [0.1, 0.15) is 57.8 Å². The fourth-order valence-corrected chi connectivity index (χ4v) is 2.44. The zero-order valence-electron chi connectivity index (χ0n) is 10.9. The summed E-state index contributed by atoms with van der Waals surface area (Å²) < 4.78 is 0. The van der Waals surface area contributed by atoms with Gasteiger partial charge in [-0.25, -0.2) is 0 Å². The summed E-state index contributed by atoms with van der Waals surface area (Å²) in [5.74, 6) is 0. The Bertz CT molecular complexity index is 185. The smallest absolute Gasteiger partial charge is 0.00922 e. The summed E-state index contributed by atoms with van der Waals surface area (Å²) in [7, 11) is 2.30. The van der Waals surface area contributed by atoms with Gasteiger partial charge in [0.15, 0.2) is 0 Å². The van der Waals surface area contributed by atoms with Crippen molar-refractivity contribution >= 4 is 0 Å². The van der Waals surface area contributed by atoms with Crippen LogP contribution in [0.25, 0.3) is 0 Å². The molecule has 0 aliphatic heterocycles. The van der Waals surface area contributed by atoms with E-state index < -0.39 is 0 Å². The van der Waals surface area contributed by atoms with E-state index in [0.717, 1.165) is 12.1 Å². The topological polar surface area (TPSA) is 15.3 Å². The Kier molecular flexibility index (Phi) is 5.11. The van der Waals surface area contributed by atoms with E-state index in [4.69, 9.17) is 0 Å². The van der Waals surface area contributed by atoms with Crippen molar-refractivity contribution in [1.29, 1.82) is 0 Å². The lowest BCUT2D eigenvalue weighted by atomic mass is 9.92. The fraction of sp³-hybridized carbons (Fsp3) is 1.00. The first-order valence-electron chi connectivity index (χ1n) is 7.30. The van der Waals surface area contributed by atoms with E-state index in [1.165, 1.54) is 70.9 Å². The number of nitrogens with zero attached hydrogens (tertiary/aromatic N) is 1. The van der Waals surface area contributed by atoms with Crippen LogP contribution in [0, 0.1) is 0 Å². The number of unbranched alkanes of at least 4 members (excludes halogenated alkanes) is 3. The molecule has 0 bridgehead atoms. The second-order valence-corrected chi connectivity index (χ2v) is 5.71. The van der Waals surface area contributed by atoms with Crippen molar-refractivity contribution in [3.05, 3.63) is 0 Å². The first-order chi connectivity index (χ1) is 7.86. The van der Waals surface area contributed by atoms with Crippen LogP contribution in [-0.4, -0.2) is 37.1 Å². The Morgan fingerprint density at radius 2 is 1.75 bits per heavy atom. The molecule has 0 spiro atoms. The number of nitrogens with one attached hydrogen (secondary N) is 1. The summed E-state index contributed by atoms with van der Waals surface area (Å²) in [4.78, 5) is 2.58. The Morgan fingerprint density at radius 3 is 2.38 bits per heavy atom. The van der Waals surface area contributed by atoms with Crippen LogP contribution in [0.15, 0.2) is 0 Å². The average molecular weight is 224 g/mol. The summed E-state index contributed by atoms with van der Waals surface area (Å²) in [5, 5.41) is 3.58. The predicted octanol–water partition coefficient (Wildman–Crippen LogP) is 2.78. The third-order valence-electron chi connectivity index (χ3n) is 4.15. The number of hydrogen-bond donors (Lipinski definition) is 1. The molecule has 2 saturated carbocycles. The van der Waals surface area contributed by atoms with E-state index in [9.17, 15) is 0 Å². The highest BCUT2D eigenvalue weighted by molar-refractivity contribution is 4.80. The molecule has 0 saturated heterocycles. The van der Waals surface area contributed by atoms with Crippen LogP contribution in [0.2, 0.25) is 0 Å². The maximum Gasteiger partial charge on any atom is 0.00922 e. The minimum absolute atomic E-state index is 0.893. The predicted molar refractivity (Wildman–Crippen MR) is 69.8 cm³/mol. The Balaban J connectivity index is 1.33. The Hall–Kier alpha value is -0.0800. The minimum atomic E-state index is 0.893. The van der Waals surface area contributed by atoms with E-state index in [1.54, 1.807) is 0 Å². The van der Waals surface area contributed by atoms with Crippen molar-refractivity contribution in [2.24, 2.45) is 0 Å². The molecule has 0 aromatic heterocycles. The second kappa shape index (κ2) is 6.61. The maximum absolute atomic E-state index is 3.58. The van der Waals surface area contributed by atoms with E-state index in [-0.39, 0.29) is 0 Å². The molecule has 0 radical (unpaired) electrons. The van der Waals surface area contributed by atoms with E-state index in [1.807, 2.05) is 0 Å². The summed E-state index contributed by atoms with van der Waals surface area (Å²) in [6, 6.07) is 1.82. The Morgan fingerprint density at radius 1 is 1.00 bits per heavy atom. The molecule has 2 heteroatoms. The van der Waals surface area contributed by atoms with Crippen LogP contribution in [0.5, 0.6) is 0 Å². The van der Waals surface area contributed by atoms with Gasteiger partial charge in [-0.3, -0.25) is 0 Å². The van der Waals surface area contributed by atoms with Gasteiger partial charge in [-0.1, -0.05) is 19.3 Å². The van der Waals surface area contributed by atoms with Gasteiger partial charge in [-0.2, -0.15) is 0 Å². The Labute approximate surface area is 101 Å². The number of rotatable bonds is 9. The lowest BCUT2D eigenvalue weighted by Gasteiger charge is -2.34. The monoisotopic (exact) mass is 224 g/mol. The van der Waals surface area contributed by atoms with E-state index >= 15 is 0 Å². The van der Waals surface area contributed by atoms with Gasteiger partial charge in [0.2, 0.25) is 0 Å². The van der Waals surface area contributed by atoms with Crippen LogP contribution in [-0.2, 0) is 0 Å². The summed E-state index contributed by atoms with van der Waals surface area (Å²) in [6.07, 6.45) is 12.8. The second-order valence-electron chi connectivity index (χ2n) is 5.71. The third kappa shape index (κ3) is 4.42. The molecule has 16 heavy (non-hydrogen) atoms. The van der Waals surface area contributed by atoms with Gasteiger partial charge in [0, 0.05) is 12.1 Å². The lowest BCUT2D eigenvalue weighted by Crippen LogP contribution is -2.37. The molecule has 2 fully saturated rings. The molecule has 0 aromatic rings. The van der Waals surface area contributed by atoms with Crippen molar-refractivity contribution in [2.75, 3.05) is 20.1 Å². The molecular formula is C14H28N2. The molecule has 0 amide bonds. The minimum Gasteiger partial charge on any atom is -0.314 e. The highest BCUT2D eigenvalue weighted by Gasteiger charge is 2.21. The molecular weight excluding hydrogens is 196 g/mol. The van der Waals surface area contributed by atoms with Gasteiger partial charge < -0.3 is 10.2 Å².